The molecule has 2 heteroatoms. The van der Waals surface area contributed by atoms with Crippen molar-refractivity contribution in [3.8, 4) is 0 Å². The molecule has 0 aliphatic carbocycles. The molecule has 17 heavy (non-hydrogen) atoms. The Bertz CT molecular complexity index is 197. The maximum atomic E-state index is 10.3. The molecular formula is C15H31NO. The Labute approximate surface area is 108 Å². The maximum Gasteiger partial charge on any atom is 0.0718 e. The lowest BCUT2D eigenvalue weighted by Gasteiger charge is -2.41. The van der Waals surface area contributed by atoms with Gasteiger partial charge in [-0.2, -0.15) is 0 Å². The van der Waals surface area contributed by atoms with E-state index in [1.165, 1.54) is 12.8 Å². The Balaban J connectivity index is 4.01. The van der Waals surface area contributed by atoms with Crippen LogP contribution in [0.25, 0.3) is 0 Å². The fourth-order valence-electron chi connectivity index (χ4n) is 2.41. The van der Waals surface area contributed by atoms with Gasteiger partial charge in [0.15, 0.2) is 0 Å². The number of rotatable bonds is 10. The summed E-state index contributed by atoms with van der Waals surface area (Å²) in [6, 6.07) is 0. The van der Waals surface area contributed by atoms with Crippen molar-refractivity contribution >= 4 is 0 Å². The van der Waals surface area contributed by atoms with E-state index in [-0.39, 0.29) is 11.6 Å². The minimum atomic E-state index is -0.230. The van der Waals surface area contributed by atoms with Crippen LogP contribution in [0.4, 0.5) is 0 Å². The zero-order chi connectivity index (χ0) is 13.3. The Hall–Kier alpha value is -0.340. The summed E-state index contributed by atoms with van der Waals surface area (Å²) in [6.45, 7) is 14.3. The summed E-state index contributed by atoms with van der Waals surface area (Å²) in [5, 5.41) is 10.3. The first kappa shape index (κ1) is 16.7. The lowest BCUT2D eigenvalue weighted by atomic mass is 9.90. The third kappa shape index (κ3) is 5.69. The van der Waals surface area contributed by atoms with Crippen molar-refractivity contribution in [1.29, 1.82) is 0 Å². The van der Waals surface area contributed by atoms with Gasteiger partial charge in [0.25, 0.3) is 0 Å². The molecule has 0 saturated carbocycles. The molecule has 0 aliphatic heterocycles. The van der Waals surface area contributed by atoms with Gasteiger partial charge in [-0.1, -0.05) is 32.8 Å². The lowest BCUT2D eigenvalue weighted by Crippen LogP contribution is -2.52. The molecule has 0 bridgehead atoms. The zero-order valence-electron chi connectivity index (χ0n) is 12.2. The monoisotopic (exact) mass is 241 g/mol. The van der Waals surface area contributed by atoms with Crippen LogP contribution >= 0.6 is 0 Å². The highest BCUT2D eigenvalue weighted by Crippen LogP contribution is 2.22. The van der Waals surface area contributed by atoms with Gasteiger partial charge in [0.2, 0.25) is 0 Å². The van der Waals surface area contributed by atoms with Gasteiger partial charge >= 0.3 is 0 Å². The van der Waals surface area contributed by atoms with Crippen molar-refractivity contribution in [2.45, 2.75) is 71.4 Å². The number of likely N-dealkylation sites (N-methyl/N-ethyl adjacent to an activating group) is 1. The lowest BCUT2D eigenvalue weighted by molar-refractivity contribution is -0.0103. The minimum absolute atomic E-state index is 0.109. The minimum Gasteiger partial charge on any atom is -0.391 e. The van der Waals surface area contributed by atoms with E-state index in [1.807, 2.05) is 6.08 Å². The quantitative estimate of drug-likeness (QED) is 0.466. The largest absolute Gasteiger partial charge is 0.391 e. The van der Waals surface area contributed by atoms with Gasteiger partial charge in [-0.05, 0) is 46.2 Å². The maximum absolute atomic E-state index is 10.3. The number of hydrogen-bond donors (Lipinski definition) is 1. The highest BCUT2D eigenvalue weighted by Gasteiger charge is 2.31. The van der Waals surface area contributed by atoms with Crippen LogP contribution in [0.15, 0.2) is 12.7 Å². The van der Waals surface area contributed by atoms with E-state index in [2.05, 4.69) is 39.2 Å². The molecule has 2 nitrogen and oxygen atoms in total. The predicted molar refractivity (Wildman–Crippen MR) is 76.3 cm³/mol. The highest BCUT2D eigenvalue weighted by atomic mass is 16.3. The molecule has 1 unspecified atom stereocenters. The van der Waals surface area contributed by atoms with Crippen LogP contribution < -0.4 is 0 Å². The molecule has 1 N–H and O–H groups in total. The summed E-state index contributed by atoms with van der Waals surface area (Å²) in [6.07, 6.45) is 7.23. The summed E-state index contributed by atoms with van der Waals surface area (Å²) in [5.74, 6) is 0. The Morgan fingerprint density at radius 1 is 1.18 bits per heavy atom. The molecule has 1 atom stereocenters. The summed E-state index contributed by atoms with van der Waals surface area (Å²) in [4.78, 5) is 2.33. The molecule has 0 spiro atoms. The number of unbranched alkanes of at least 4 members (excludes halogenated alkanes) is 3. The number of nitrogens with zero attached hydrogens (tertiary/aromatic N) is 1. The molecule has 0 rings (SSSR count). The van der Waals surface area contributed by atoms with E-state index in [1.54, 1.807) is 0 Å². The third-order valence-corrected chi connectivity index (χ3v) is 3.78. The number of allylic oxidation sites excluding steroid dienone is 1. The summed E-state index contributed by atoms with van der Waals surface area (Å²) in [7, 11) is 0. The van der Waals surface area contributed by atoms with E-state index in [4.69, 9.17) is 0 Å². The molecular weight excluding hydrogens is 210 g/mol. The molecule has 0 amide bonds. The van der Waals surface area contributed by atoms with Crippen LogP contribution in [-0.2, 0) is 0 Å². The second-order valence-corrected chi connectivity index (χ2v) is 5.27. The number of aliphatic hydroxyl groups is 1. The van der Waals surface area contributed by atoms with E-state index in [0.717, 1.165) is 32.4 Å². The molecule has 0 fully saturated rings. The van der Waals surface area contributed by atoms with Gasteiger partial charge in [-0.3, -0.25) is 4.90 Å². The first-order chi connectivity index (χ1) is 8.00. The Kier molecular flexibility index (Phi) is 8.53. The van der Waals surface area contributed by atoms with Gasteiger partial charge in [0.1, 0.15) is 0 Å². The fourth-order valence-corrected chi connectivity index (χ4v) is 2.41. The first-order valence-corrected chi connectivity index (χ1v) is 7.04. The molecule has 0 aliphatic rings. The third-order valence-electron chi connectivity index (χ3n) is 3.78. The molecule has 0 aromatic rings. The smallest absolute Gasteiger partial charge is 0.0718 e. The number of aliphatic hydroxyl groups excluding tert-OH is 1. The molecule has 102 valence electrons. The van der Waals surface area contributed by atoms with Crippen LogP contribution in [0, 0.1) is 0 Å². The SMILES string of the molecule is C=CCCCCCC(O)C(C)(C)N(CC)CC. The number of hydrogen-bond acceptors (Lipinski definition) is 2. The normalized spacial score (nSPS) is 14.0. The van der Waals surface area contributed by atoms with Gasteiger partial charge < -0.3 is 5.11 Å². The standard InChI is InChI=1S/C15H31NO/c1-6-9-10-11-12-13-14(17)15(4,5)16(7-2)8-3/h6,14,17H,1,7-13H2,2-5H3. The Morgan fingerprint density at radius 2 is 1.76 bits per heavy atom. The first-order valence-electron chi connectivity index (χ1n) is 7.04. The van der Waals surface area contributed by atoms with Gasteiger partial charge in [-0.15, -0.1) is 6.58 Å². The van der Waals surface area contributed by atoms with Crippen molar-refractivity contribution in [2.75, 3.05) is 13.1 Å². The summed E-state index contributed by atoms with van der Waals surface area (Å²) >= 11 is 0. The zero-order valence-corrected chi connectivity index (χ0v) is 12.2. The fraction of sp³-hybridized carbons (Fsp3) is 0.867. The van der Waals surface area contributed by atoms with Crippen molar-refractivity contribution in [3.63, 3.8) is 0 Å². The van der Waals surface area contributed by atoms with Gasteiger partial charge in [0, 0.05) is 5.54 Å². The molecule has 0 heterocycles. The molecule has 0 saturated heterocycles. The van der Waals surface area contributed by atoms with Crippen LogP contribution in [0.5, 0.6) is 0 Å². The molecule has 0 radical (unpaired) electrons. The van der Waals surface area contributed by atoms with E-state index in [9.17, 15) is 5.11 Å². The van der Waals surface area contributed by atoms with Crippen LogP contribution in [0.3, 0.4) is 0 Å². The van der Waals surface area contributed by atoms with Crippen LogP contribution in [0.1, 0.15) is 59.8 Å². The average Bonchev–Trinajstić information content (AvgIpc) is 2.29. The second kappa shape index (κ2) is 8.71. The van der Waals surface area contributed by atoms with Crippen molar-refractivity contribution in [3.05, 3.63) is 12.7 Å². The Morgan fingerprint density at radius 3 is 2.24 bits per heavy atom. The van der Waals surface area contributed by atoms with Gasteiger partial charge in [0.05, 0.1) is 6.10 Å². The van der Waals surface area contributed by atoms with Crippen LogP contribution in [0.2, 0.25) is 0 Å². The average molecular weight is 241 g/mol. The summed E-state index contributed by atoms with van der Waals surface area (Å²) in [5.41, 5.74) is -0.109. The topological polar surface area (TPSA) is 23.5 Å². The predicted octanol–water partition coefficient (Wildman–Crippen LogP) is 3.60. The van der Waals surface area contributed by atoms with E-state index in [0.29, 0.717) is 0 Å². The summed E-state index contributed by atoms with van der Waals surface area (Å²) < 4.78 is 0. The van der Waals surface area contributed by atoms with Crippen molar-refractivity contribution in [2.24, 2.45) is 0 Å². The molecule has 0 aromatic heterocycles. The van der Waals surface area contributed by atoms with E-state index < -0.39 is 0 Å². The van der Waals surface area contributed by atoms with E-state index >= 15 is 0 Å². The van der Waals surface area contributed by atoms with Crippen molar-refractivity contribution < 1.29 is 5.11 Å². The van der Waals surface area contributed by atoms with Crippen LogP contribution in [-0.4, -0.2) is 34.7 Å². The van der Waals surface area contributed by atoms with Crippen molar-refractivity contribution in [1.82, 2.24) is 4.90 Å². The van der Waals surface area contributed by atoms with Gasteiger partial charge in [-0.25, -0.2) is 0 Å². The second-order valence-electron chi connectivity index (χ2n) is 5.27. The molecule has 0 aromatic carbocycles. The highest BCUT2D eigenvalue weighted by molar-refractivity contribution is 4.87.